The van der Waals surface area contributed by atoms with Crippen molar-refractivity contribution >= 4 is 22.5 Å². The van der Waals surface area contributed by atoms with Crippen molar-refractivity contribution in [1.29, 1.82) is 0 Å². The van der Waals surface area contributed by atoms with Crippen LogP contribution in [0.15, 0.2) is 64.5 Å². The van der Waals surface area contributed by atoms with Crippen molar-refractivity contribution in [3.05, 3.63) is 70.5 Å². The van der Waals surface area contributed by atoms with E-state index in [1.165, 1.54) is 5.01 Å². The highest BCUT2D eigenvalue weighted by atomic mass is 16.2. The molecule has 1 aliphatic rings. The van der Waals surface area contributed by atoms with E-state index >= 15 is 0 Å². The van der Waals surface area contributed by atoms with Gasteiger partial charge in [0, 0.05) is 6.42 Å². The molecule has 4 rings (SSSR count). The van der Waals surface area contributed by atoms with Gasteiger partial charge in [-0.2, -0.15) is 5.10 Å². The van der Waals surface area contributed by atoms with Gasteiger partial charge in [-0.05, 0) is 17.7 Å². The van der Waals surface area contributed by atoms with Gasteiger partial charge in [0.05, 0.1) is 17.6 Å². The summed E-state index contributed by atoms with van der Waals surface area (Å²) in [5.74, 6) is -0.280. The van der Waals surface area contributed by atoms with Gasteiger partial charge in [-0.25, -0.2) is 9.69 Å². The summed E-state index contributed by atoms with van der Waals surface area (Å²) < 4.78 is 1.08. The van der Waals surface area contributed by atoms with Gasteiger partial charge in [-0.15, -0.1) is 5.10 Å². The maximum Gasteiger partial charge on any atom is 0.278 e. The van der Waals surface area contributed by atoms with Gasteiger partial charge in [0.2, 0.25) is 0 Å². The van der Waals surface area contributed by atoms with Gasteiger partial charge in [-0.3, -0.25) is 9.59 Å². The minimum atomic E-state index is -0.328. The van der Waals surface area contributed by atoms with Crippen molar-refractivity contribution in [2.24, 2.45) is 5.10 Å². The zero-order valence-corrected chi connectivity index (χ0v) is 13.4. The number of hydrogen-bond acceptors (Lipinski definition) is 5. The Labute approximate surface area is 143 Å². The lowest BCUT2D eigenvalue weighted by Gasteiger charge is -2.11. The summed E-state index contributed by atoms with van der Waals surface area (Å²) in [5.41, 5.74) is 2.05. The molecule has 0 saturated heterocycles. The van der Waals surface area contributed by atoms with Crippen LogP contribution in [0, 0.1) is 0 Å². The largest absolute Gasteiger partial charge is 0.278 e. The summed E-state index contributed by atoms with van der Waals surface area (Å²) in [5, 5.41) is 14.1. The van der Waals surface area contributed by atoms with Gasteiger partial charge in [0.25, 0.3) is 11.5 Å². The van der Waals surface area contributed by atoms with Crippen molar-refractivity contribution in [3.8, 4) is 0 Å². The van der Waals surface area contributed by atoms with E-state index in [-0.39, 0.29) is 18.0 Å². The average Bonchev–Trinajstić information content (AvgIpc) is 3.15. The molecule has 0 radical (unpaired) electrons. The normalized spacial score (nSPS) is 13.9. The summed E-state index contributed by atoms with van der Waals surface area (Å²) in [4.78, 5) is 24.9. The van der Waals surface area contributed by atoms with E-state index < -0.39 is 0 Å². The zero-order chi connectivity index (χ0) is 17.2. The van der Waals surface area contributed by atoms with E-state index in [0.29, 0.717) is 23.9 Å². The first-order valence-electron chi connectivity index (χ1n) is 7.98. The zero-order valence-electron chi connectivity index (χ0n) is 13.4. The Bertz CT molecular complexity index is 1030. The van der Waals surface area contributed by atoms with E-state index in [4.69, 9.17) is 0 Å². The molecule has 1 amide bonds. The fourth-order valence-electron chi connectivity index (χ4n) is 2.81. The summed E-state index contributed by atoms with van der Waals surface area (Å²) in [6.45, 7) is 0.320. The molecule has 0 unspecified atom stereocenters. The molecule has 0 fully saturated rings. The van der Waals surface area contributed by atoms with Gasteiger partial charge < -0.3 is 0 Å². The molecule has 2 heterocycles. The van der Waals surface area contributed by atoms with E-state index in [0.717, 1.165) is 16.0 Å². The maximum absolute atomic E-state index is 12.5. The van der Waals surface area contributed by atoms with Crippen LogP contribution in [0.1, 0.15) is 12.0 Å². The second-order valence-electron chi connectivity index (χ2n) is 5.75. The SMILES string of the molecule is O=C(Cn1nnc2ccccc2c1=O)N1CCC(c2ccccc2)=N1. The van der Waals surface area contributed by atoms with Crippen LogP contribution >= 0.6 is 0 Å². The smallest absolute Gasteiger partial charge is 0.271 e. The van der Waals surface area contributed by atoms with Gasteiger partial charge in [-0.1, -0.05) is 47.7 Å². The number of hydrogen-bond donors (Lipinski definition) is 0. The number of carbonyl (C=O) groups is 1. The highest BCUT2D eigenvalue weighted by Gasteiger charge is 2.22. The number of benzene rings is 2. The molecule has 0 saturated carbocycles. The van der Waals surface area contributed by atoms with Crippen LogP contribution in [-0.4, -0.2) is 38.2 Å². The van der Waals surface area contributed by atoms with Crippen molar-refractivity contribution < 1.29 is 4.79 Å². The van der Waals surface area contributed by atoms with Crippen molar-refractivity contribution in [1.82, 2.24) is 20.0 Å². The quantitative estimate of drug-likeness (QED) is 0.726. The lowest BCUT2D eigenvalue weighted by Crippen LogP contribution is -2.34. The molecule has 7 nitrogen and oxygen atoms in total. The molecule has 2 aromatic carbocycles. The molecule has 25 heavy (non-hydrogen) atoms. The van der Waals surface area contributed by atoms with Gasteiger partial charge >= 0.3 is 0 Å². The second kappa shape index (κ2) is 6.27. The number of hydrazone groups is 1. The Hall–Kier alpha value is -3.35. The Kier molecular flexibility index (Phi) is 3.81. The Balaban J connectivity index is 1.56. The number of nitrogens with zero attached hydrogens (tertiary/aromatic N) is 5. The van der Waals surface area contributed by atoms with Crippen LogP contribution in [0.4, 0.5) is 0 Å². The molecule has 0 spiro atoms. The highest BCUT2D eigenvalue weighted by molar-refractivity contribution is 6.02. The first-order valence-corrected chi connectivity index (χ1v) is 7.98. The minimum Gasteiger partial charge on any atom is -0.271 e. The van der Waals surface area contributed by atoms with Crippen LogP contribution in [0.2, 0.25) is 0 Å². The van der Waals surface area contributed by atoms with E-state index in [2.05, 4.69) is 15.4 Å². The third kappa shape index (κ3) is 2.91. The second-order valence-corrected chi connectivity index (χ2v) is 5.75. The number of carbonyl (C=O) groups excluding carboxylic acids is 1. The molecule has 0 N–H and O–H groups in total. The first-order chi connectivity index (χ1) is 12.2. The molecule has 3 aromatic rings. The topological polar surface area (TPSA) is 80.4 Å². The molecule has 1 aromatic heterocycles. The first kappa shape index (κ1) is 15.2. The molecular weight excluding hydrogens is 318 g/mol. The number of aromatic nitrogens is 3. The Morgan fingerprint density at radius 3 is 2.64 bits per heavy atom. The van der Waals surface area contributed by atoms with Crippen molar-refractivity contribution in [2.45, 2.75) is 13.0 Å². The standard InChI is InChI=1S/C18H15N5O2/c24-17(22-11-10-15(20-22)13-6-2-1-3-7-13)12-23-18(25)14-8-4-5-9-16(14)19-21-23/h1-9H,10-12H2. The number of amides is 1. The Morgan fingerprint density at radius 2 is 1.80 bits per heavy atom. The van der Waals surface area contributed by atoms with Crippen LogP contribution in [0.3, 0.4) is 0 Å². The highest BCUT2D eigenvalue weighted by Crippen LogP contribution is 2.14. The van der Waals surface area contributed by atoms with E-state index in [1.54, 1.807) is 24.3 Å². The molecule has 0 bridgehead atoms. The summed E-state index contributed by atoms with van der Waals surface area (Å²) in [7, 11) is 0. The third-order valence-corrected chi connectivity index (χ3v) is 4.11. The molecular formula is C18H15N5O2. The lowest BCUT2D eigenvalue weighted by molar-refractivity contribution is -0.131. The predicted octanol–water partition coefficient (Wildman–Crippen LogP) is 1.43. The van der Waals surface area contributed by atoms with Crippen LogP contribution in [0.5, 0.6) is 0 Å². The van der Waals surface area contributed by atoms with Crippen LogP contribution < -0.4 is 5.56 Å². The van der Waals surface area contributed by atoms with E-state index in [1.807, 2.05) is 30.3 Å². The maximum atomic E-state index is 12.5. The summed E-state index contributed by atoms with van der Waals surface area (Å²) in [6, 6.07) is 16.7. The third-order valence-electron chi connectivity index (χ3n) is 4.11. The van der Waals surface area contributed by atoms with Gasteiger partial charge in [0.15, 0.2) is 0 Å². The molecule has 1 aliphatic heterocycles. The summed E-state index contributed by atoms with van der Waals surface area (Å²) >= 11 is 0. The fourth-order valence-corrected chi connectivity index (χ4v) is 2.81. The monoisotopic (exact) mass is 333 g/mol. The predicted molar refractivity (Wildman–Crippen MR) is 93.1 cm³/mol. The molecule has 0 aliphatic carbocycles. The minimum absolute atomic E-state index is 0.178. The summed E-state index contributed by atoms with van der Waals surface area (Å²) in [6.07, 6.45) is 0.689. The number of fused-ring (bicyclic) bond motifs is 1. The molecule has 7 heteroatoms. The van der Waals surface area contributed by atoms with Crippen LogP contribution in [-0.2, 0) is 11.3 Å². The molecule has 0 atom stereocenters. The number of rotatable bonds is 3. The van der Waals surface area contributed by atoms with E-state index in [9.17, 15) is 9.59 Å². The van der Waals surface area contributed by atoms with Crippen LogP contribution in [0.25, 0.3) is 10.9 Å². The fraction of sp³-hybridized carbons (Fsp3) is 0.167. The van der Waals surface area contributed by atoms with Crippen molar-refractivity contribution in [2.75, 3.05) is 6.54 Å². The average molecular weight is 333 g/mol. The van der Waals surface area contributed by atoms with Crippen molar-refractivity contribution in [3.63, 3.8) is 0 Å². The van der Waals surface area contributed by atoms with Gasteiger partial charge in [0.1, 0.15) is 12.1 Å². The Morgan fingerprint density at radius 1 is 1.04 bits per heavy atom. The molecule has 124 valence electrons. The lowest BCUT2D eigenvalue weighted by atomic mass is 10.1.